The summed E-state index contributed by atoms with van der Waals surface area (Å²) in [5, 5.41) is 19.7. The molecule has 116 valence electrons. The number of nitrogen functional groups attached to an aromatic ring is 1. The average molecular weight is 318 g/mol. The molecule has 1 rings (SSSR count). The van der Waals surface area contributed by atoms with Crippen LogP contribution in [-0.2, 0) is 14.8 Å². The van der Waals surface area contributed by atoms with Gasteiger partial charge in [0.2, 0.25) is 15.8 Å². The first-order valence-corrected chi connectivity index (χ1v) is 7.19. The Kier molecular flexibility index (Phi) is 4.80. The van der Waals surface area contributed by atoms with E-state index < -0.39 is 49.3 Å². The molecule has 0 saturated carbocycles. The van der Waals surface area contributed by atoms with Crippen LogP contribution >= 0.6 is 0 Å². The highest BCUT2D eigenvalue weighted by molar-refractivity contribution is 7.89. The van der Waals surface area contributed by atoms with Gasteiger partial charge >= 0.3 is 11.7 Å². The number of aliphatic carboxylic acids is 1. The molecule has 4 N–H and O–H groups in total. The molecule has 0 bridgehead atoms. The van der Waals surface area contributed by atoms with E-state index in [0.717, 1.165) is 12.3 Å². The molecule has 1 aromatic rings. The Morgan fingerprint density at radius 2 is 2.10 bits per heavy atom. The molecule has 10 nitrogen and oxygen atoms in total. The predicted molar refractivity (Wildman–Crippen MR) is 71.9 cm³/mol. The zero-order valence-corrected chi connectivity index (χ0v) is 12.0. The summed E-state index contributed by atoms with van der Waals surface area (Å²) < 4.78 is 26.1. The number of nitrogens with two attached hydrogens (primary N) is 1. The smallest absolute Gasteiger partial charge is 0.322 e. The first-order chi connectivity index (χ1) is 9.56. The largest absolute Gasteiger partial charge is 0.480 e. The molecule has 0 aliphatic carbocycles. The molecule has 0 aromatic carbocycles. The maximum Gasteiger partial charge on any atom is 0.322 e. The van der Waals surface area contributed by atoms with Crippen LogP contribution in [0.4, 0.5) is 11.5 Å². The zero-order chi connectivity index (χ0) is 16.4. The van der Waals surface area contributed by atoms with Gasteiger partial charge in [-0.2, -0.15) is 4.72 Å². The second kappa shape index (κ2) is 6.01. The van der Waals surface area contributed by atoms with Crippen LogP contribution in [0.15, 0.2) is 17.2 Å². The summed E-state index contributed by atoms with van der Waals surface area (Å²) >= 11 is 0. The third-order valence-electron chi connectivity index (χ3n) is 2.59. The van der Waals surface area contributed by atoms with Gasteiger partial charge in [-0.15, -0.1) is 0 Å². The van der Waals surface area contributed by atoms with Gasteiger partial charge in [0.15, 0.2) is 0 Å². The Morgan fingerprint density at radius 3 is 2.52 bits per heavy atom. The Labute approximate surface area is 120 Å². The summed E-state index contributed by atoms with van der Waals surface area (Å²) in [5.74, 6) is -2.31. The number of rotatable bonds is 6. The summed E-state index contributed by atoms with van der Waals surface area (Å²) in [6.45, 7) is 3.04. The molecule has 0 fully saturated rings. The first kappa shape index (κ1) is 16.8. The molecular weight excluding hydrogens is 304 g/mol. The minimum Gasteiger partial charge on any atom is -0.480 e. The molecule has 0 saturated heterocycles. The van der Waals surface area contributed by atoms with E-state index in [2.05, 4.69) is 4.98 Å². The molecule has 1 aromatic heterocycles. The van der Waals surface area contributed by atoms with Crippen molar-refractivity contribution in [1.82, 2.24) is 9.71 Å². The maximum atomic E-state index is 12.1. The Morgan fingerprint density at radius 1 is 1.52 bits per heavy atom. The highest BCUT2D eigenvalue weighted by Gasteiger charge is 2.29. The van der Waals surface area contributed by atoms with Crippen LogP contribution < -0.4 is 10.5 Å². The van der Waals surface area contributed by atoms with Crippen molar-refractivity contribution in [2.45, 2.75) is 24.8 Å². The third kappa shape index (κ3) is 3.86. The fraction of sp³-hybridized carbons (Fsp3) is 0.400. The number of hydrogen-bond donors (Lipinski definition) is 3. The number of aromatic nitrogens is 1. The predicted octanol–water partition coefficient (Wildman–Crippen LogP) is -0.0405. The summed E-state index contributed by atoms with van der Waals surface area (Å²) in [6, 6.07) is -0.643. The van der Waals surface area contributed by atoms with Gasteiger partial charge in [-0.05, 0) is 5.92 Å². The minimum atomic E-state index is -4.28. The van der Waals surface area contributed by atoms with Crippen molar-refractivity contribution in [3.63, 3.8) is 0 Å². The van der Waals surface area contributed by atoms with E-state index in [-0.39, 0.29) is 0 Å². The van der Waals surface area contributed by atoms with Crippen molar-refractivity contribution < 1.29 is 23.2 Å². The van der Waals surface area contributed by atoms with Crippen LogP contribution in [0, 0.1) is 16.0 Å². The molecule has 0 aliphatic rings. The van der Waals surface area contributed by atoms with E-state index in [4.69, 9.17) is 10.8 Å². The summed E-state index contributed by atoms with van der Waals surface area (Å²) in [5.41, 5.74) is 4.60. The lowest BCUT2D eigenvalue weighted by atomic mass is 10.1. The molecule has 21 heavy (non-hydrogen) atoms. The van der Waals surface area contributed by atoms with Crippen molar-refractivity contribution in [2.75, 3.05) is 5.73 Å². The van der Waals surface area contributed by atoms with Gasteiger partial charge in [0.1, 0.15) is 10.9 Å². The maximum absolute atomic E-state index is 12.1. The van der Waals surface area contributed by atoms with Crippen LogP contribution in [0.25, 0.3) is 0 Å². The van der Waals surface area contributed by atoms with E-state index in [1.807, 2.05) is 4.72 Å². The second-order valence-corrected chi connectivity index (χ2v) is 6.23. The number of carbonyl (C=O) groups is 1. The Bertz CT molecular complexity index is 672. The number of pyridine rings is 1. The van der Waals surface area contributed by atoms with Crippen molar-refractivity contribution in [3.05, 3.63) is 22.4 Å². The van der Waals surface area contributed by atoms with Gasteiger partial charge in [0.05, 0.1) is 4.92 Å². The molecule has 0 aliphatic heterocycles. The topological polar surface area (TPSA) is 166 Å². The van der Waals surface area contributed by atoms with Crippen molar-refractivity contribution in [2.24, 2.45) is 5.92 Å². The van der Waals surface area contributed by atoms with E-state index in [0.29, 0.717) is 0 Å². The number of hydrogen-bond acceptors (Lipinski definition) is 7. The molecule has 1 unspecified atom stereocenters. The summed E-state index contributed by atoms with van der Waals surface area (Å²) in [7, 11) is -4.28. The molecule has 0 amide bonds. The highest BCUT2D eigenvalue weighted by atomic mass is 32.2. The van der Waals surface area contributed by atoms with Gasteiger partial charge in [0.25, 0.3) is 0 Å². The van der Waals surface area contributed by atoms with Crippen LogP contribution in [-0.4, -0.2) is 35.4 Å². The van der Waals surface area contributed by atoms with E-state index in [9.17, 15) is 23.3 Å². The SMILES string of the molecule is CC(C)C(NS(=O)(=O)c1cnc(N)c([N+](=O)[O-])c1)C(=O)O. The second-order valence-electron chi connectivity index (χ2n) is 4.51. The number of anilines is 1. The molecule has 1 heterocycles. The molecular formula is C10H14N4O6S. The quantitative estimate of drug-likeness (QED) is 0.485. The Balaban J connectivity index is 3.22. The summed E-state index contributed by atoms with van der Waals surface area (Å²) in [4.78, 5) is 23.7. The number of sulfonamides is 1. The lowest BCUT2D eigenvalue weighted by molar-refractivity contribution is -0.384. The number of carboxylic acid groups (broad SMARTS) is 1. The van der Waals surface area contributed by atoms with Crippen LogP contribution in [0.2, 0.25) is 0 Å². The Hall–Kier alpha value is -2.27. The molecule has 1 atom stereocenters. The first-order valence-electron chi connectivity index (χ1n) is 5.71. The number of nitrogens with one attached hydrogen (secondary N) is 1. The van der Waals surface area contributed by atoms with Gasteiger partial charge in [-0.1, -0.05) is 13.8 Å². The normalized spacial score (nSPS) is 13.1. The van der Waals surface area contributed by atoms with Gasteiger partial charge < -0.3 is 10.8 Å². The van der Waals surface area contributed by atoms with Crippen molar-refractivity contribution in [3.8, 4) is 0 Å². The lowest BCUT2D eigenvalue weighted by Gasteiger charge is -2.17. The van der Waals surface area contributed by atoms with Crippen LogP contribution in [0.5, 0.6) is 0 Å². The highest BCUT2D eigenvalue weighted by Crippen LogP contribution is 2.22. The van der Waals surface area contributed by atoms with Gasteiger partial charge in [0, 0.05) is 12.3 Å². The molecule has 0 spiro atoms. The fourth-order valence-corrected chi connectivity index (χ4v) is 2.75. The average Bonchev–Trinajstić information content (AvgIpc) is 2.35. The van der Waals surface area contributed by atoms with Crippen molar-refractivity contribution in [1.29, 1.82) is 0 Å². The van der Waals surface area contributed by atoms with Crippen LogP contribution in [0.1, 0.15) is 13.8 Å². The molecule has 0 radical (unpaired) electrons. The lowest BCUT2D eigenvalue weighted by Crippen LogP contribution is -2.44. The van der Waals surface area contributed by atoms with Crippen LogP contribution in [0.3, 0.4) is 0 Å². The number of nitrogens with zero attached hydrogens (tertiary/aromatic N) is 2. The number of nitro groups is 1. The monoisotopic (exact) mass is 318 g/mol. The van der Waals surface area contributed by atoms with E-state index in [1.54, 1.807) is 0 Å². The molecule has 11 heteroatoms. The standard InChI is InChI=1S/C10H14N4O6S/c1-5(2)8(10(15)16)13-21(19,20)6-3-7(14(17)18)9(11)12-4-6/h3-5,8,13H,1-2H3,(H2,11,12)(H,15,16). The van der Waals surface area contributed by atoms with Crippen molar-refractivity contribution >= 4 is 27.5 Å². The van der Waals surface area contributed by atoms with E-state index in [1.165, 1.54) is 13.8 Å². The fourth-order valence-electron chi connectivity index (χ4n) is 1.45. The number of carboxylic acids is 1. The third-order valence-corrected chi connectivity index (χ3v) is 4.00. The zero-order valence-electron chi connectivity index (χ0n) is 11.2. The minimum absolute atomic E-state index is 0.433. The summed E-state index contributed by atoms with van der Waals surface area (Å²) in [6.07, 6.45) is 0.823. The van der Waals surface area contributed by atoms with E-state index >= 15 is 0 Å². The van der Waals surface area contributed by atoms with Gasteiger partial charge in [-0.3, -0.25) is 14.9 Å². The van der Waals surface area contributed by atoms with Gasteiger partial charge in [-0.25, -0.2) is 13.4 Å².